The highest BCUT2D eigenvalue weighted by Gasteiger charge is 2.32. The number of halogens is 5. The number of hydrogen-bond donors (Lipinski definition) is 2. The molecule has 0 bridgehead atoms. The van der Waals surface area contributed by atoms with E-state index in [0.717, 1.165) is 37.1 Å². The van der Waals surface area contributed by atoms with Gasteiger partial charge >= 0.3 is 6.18 Å². The summed E-state index contributed by atoms with van der Waals surface area (Å²) in [6.45, 7) is 0.0142. The lowest BCUT2D eigenvalue weighted by atomic mass is 10.0. The third-order valence-electron chi connectivity index (χ3n) is 8.03. The van der Waals surface area contributed by atoms with E-state index in [0.29, 0.717) is 52.1 Å². The van der Waals surface area contributed by atoms with Crippen LogP contribution in [0.2, 0.25) is 0 Å². The fraction of sp³-hybridized carbons (Fsp3) is 0.484. The van der Waals surface area contributed by atoms with Crippen LogP contribution in [0.5, 0.6) is 5.75 Å². The molecule has 0 unspecified atom stereocenters. The summed E-state index contributed by atoms with van der Waals surface area (Å²) in [4.78, 5) is 2.20. The SMILES string of the molecule is CN1CC[C@H](Nc2cccc3c(CC(F)(F)F)c(C#CCNc4ccc(P5(=O)CCCCC5)cc4OCF)sc23)[C@H](F)C1. The molecule has 0 radical (unpaired) electrons. The quantitative estimate of drug-likeness (QED) is 0.153. The van der Waals surface area contributed by atoms with Crippen LogP contribution in [0.25, 0.3) is 10.1 Å². The molecule has 1 aromatic heterocycles. The molecular weight excluding hydrogens is 604 g/mol. The third-order valence-corrected chi connectivity index (χ3v) is 12.5. The topological polar surface area (TPSA) is 53.6 Å². The highest BCUT2D eigenvalue weighted by Crippen LogP contribution is 2.50. The number of thiophene rings is 1. The Bertz CT molecular complexity index is 1540. The number of fused-ring (bicyclic) bond motifs is 1. The average Bonchev–Trinajstić information content (AvgIpc) is 3.30. The monoisotopic (exact) mass is 639 g/mol. The number of benzene rings is 2. The Morgan fingerprint density at radius 2 is 1.93 bits per heavy atom. The van der Waals surface area contributed by atoms with Crippen LogP contribution in [0, 0.1) is 11.8 Å². The summed E-state index contributed by atoms with van der Waals surface area (Å²) in [5, 5.41) is 7.40. The van der Waals surface area contributed by atoms with Crippen LogP contribution in [-0.2, 0) is 11.0 Å². The number of nitrogens with zero attached hydrogens (tertiary/aromatic N) is 1. The van der Waals surface area contributed by atoms with Gasteiger partial charge in [0.25, 0.3) is 0 Å². The minimum absolute atomic E-state index is 0.0591. The molecule has 5 rings (SSSR count). The predicted octanol–water partition coefficient (Wildman–Crippen LogP) is 7.40. The minimum Gasteiger partial charge on any atom is -0.461 e. The van der Waals surface area contributed by atoms with Crippen LogP contribution in [0.15, 0.2) is 36.4 Å². The van der Waals surface area contributed by atoms with Crippen molar-refractivity contribution in [3.05, 3.63) is 46.8 Å². The van der Waals surface area contributed by atoms with Gasteiger partial charge in [-0.2, -0.15) is 13.2 Å². The van der Waals surface area contributed by atoms with Crippen molar-refractivity contribution >= 4 is 45.2 Å². The van der Waals surface area contributed by atoms with Gasteiger partial charge in [-0.05, 0) is 61.5 Å². The van der Waals surface area contributed by atoms with Crippen LogP contribution < -0.4 is 20.7 Å². The second kappa shape index (κ2) is 13.5. The maximum atomic E-state index is 14.7. The number of piperidine rings is 1. The molecule has 12 heteroatoms. The smallest absolute Gasteiger partial charge is 0.393 e. The Labute approximate surface area is 252 Å². The largest absolute Gasteiger partial charge is 0.461 e. The van der Waals surface area contributed by atoms with E-state index < -0.39 is 38.8 Å². The molecule has 232 valence electrons. The number of rotatable bonds is 8. The van der Waals surface area contributed by atoms with Gasteiger partial charge in [0, 0.05) is 30.7 Å². The summed E-state index contributed by atoms with van der Waals surface area (Å²) in [7, 11) is -0.687. The van der Waals surface area contributed by atoms with E-state index in [9.17, 15) is 26.5 Å². The Hall–Kier alpha value is -2.80. The first kappa shape index (κ1) is 31.6. The molecule has 0 saturated carbocycles. The van der Waals surface area contributed by atoms with Gasteiger partial charge in [0.1, 0.15) is 19.1 Å². The molecule has 2 N–H and O–H groups in total. The summed E-state index contributed by atoms with van der Waals surface area (Å²) in [5.74, 6) is 6.02. The van der Waals surface area contributed by atoms with Crippen molar-refractivity contribution in [2.45, 2.75) is 50.5 Å². The Balaban J connectivity index is 1.38. The molecular formula is C31H35F5N3O2PS. The van der Waals surface area contributed by atoms with Crippen molar-refractivity contribution in [1.29, 1.82) is 0 Å². The molecule has 3 heterocycles. The molecule has 2 aliphatic heterocycles. The molecule has 5 nitrogen and oxygen atoms in total. The lowest BCUT2D eigenvalue weighted by Crippen LogP contribution is -2.46. The highest BCUT2D eigenvalue weighted by molar-refractivity contribution is 7.71. The maximum absolute atomic E-state index is 14.7. The first-order valence-electron chi connectivity index (χ1n) is 14.4. The van der Waals surface area contributed by atoms with Gasteiger partial charge in [-0.1, -0.05) is 30.4 Å². The van der Waals surface area contributed by atoms with Crippen molar-refractivity contribution in [2.24, 2.45) is 0 Å². The number of likely N-dealkylation sites (tertiary alicyclic amines) is 1. The van der Waals surface area contributed by atoms with E-state index in [1.165, 1.54) is 0 Å². The van der Waals surface area contributed by atoms with Crippen molar-refractivity contribution < 1.29 is 31.3 Å². The predicted molar refractivity (Wildman–Crippen MR) is 165 cm³/mol. The Morgan fingerprint density at radius 1 is 1.14 bits per heavy atom. The Kier molecular flexibility index (Phi) is 9.89. The van der Waals surface area contributed by atoms with E-state index in [4.69, 9.17) is 4.74 Å². The fourth-order valence-corrected chi connectivity index (χ4v) is 9.89. The number of alkyl halides is 5. The molecule has 2 aromatic carbocycles. The number of hydrogen-bond acceptors (Lipinski definition) is 6. The maximum Gasteiger partial charge on any atom is 0.393 e. The lowest BCUT2D eigenvalue weighted by molar-refractivity contribution is -0.126. The van der Waals surface area contributed by atoms with Gasteiger partial charge in [-0.25, -0.2) is 8.78 Å². The van der Waals surface area contributed by atoms with Crippen molar-refractivity contribution in [2.75, 3.05) is 56.5 Å². The molecule has 2 saturated heterocycles. The summed E-state index contributed by atoms with van der Waals surface area (Å²) in [6.07, 6.45) is -2.00. The van der Waals surface area contributed by atoms with E-state index in [2.05, 4.69) is 22.5 Å². The molecule has 0 aliphatic carbocycles. The zero-order valence-corrected chi connectivity index (χ0v) is 25.6. The van der Waals surface area contributed by atoms with Gasteiger partial charge in [0.15, 0.2) is 0 Å². The van der Waals surface area contributed by atoms with Crippen LogP contribution in [0.3, 0.4) is 0 Å². The lowest BCUT2D eigenvalue weighted by Gasteiger charge is -2.33. The zero-order chi connectivity index (χ0) is 30.6. The molecule has 2 atom stereocenters. The molecule has 2 fully saturated rings. The minimum atomic E-state index is -4.44. The molecule has 0 spiro atoms. The van der Waals surface area contributed by atoms with Gasteiger partial charge in [0.05, 0.1) is 40.0 Å². The van der Waals surface area contributed by atoms with E-state index >= 15 is 0 Å². The van der Waals surface area contributed by atoms with E-state index in [1.54, 1.807) is 36.4 Å². The van der Waals surface area contributed by atoms with Crippen molar-refractivity contribution in [1.82, 2.24) is 4.90 Å². The van der Waals surface area contributed by atoms with Crippen molar-refractivity contribution in [3.8, 4) is 17.6 Å². The molecule has 2 aliphatic rings. The Morgan fingerprint density at radius 3 is 2.65 bits per heavy atom. The van der Waals surface area contributed by atoms with Gasteiger partial charge in [-0.15, -0.1) is 11.3 Å². The zero-order valence-electron chi connectivity index (χ0n) is 23.9. The molecule has 43 heavy (non-hydrogen) atoms. The molecule has 3 aromatic rings. The normalized spacial score (nSPS) is 20.8. The van der Waals surface area contributed by atoms with Crippen LogP contribution in [0.1, 0.15) is 36.1 Å². The summed E-state index contributed by atoms with van der Waals surface area (Å²) in [6, 6.07) is 9.72. The second-order valence-electron chi connectivity index (χ2n) is 11.2. The number of ether oxygens (including phenoxy) is 1. The summed E-state index contributed by atoms with van der Waals surface area (Å²) in [5.41, 5.74) is 1.14. The second-order valence-corrected chi connectivity index (χ2v) is 15.4. The standard InChI is InChI=1S/C31H35F5N3O2PS/c1-39-14-12-25(24(33)19-39)38-27-8-5-7-22-23(18-31(34,35)36)29(43-30(22)27)9-6-13-37-26-11-10-21(17-28(26)41-20-32)42(40)15-3-2-4-16-42/h5,7-8,10-11,17,24-25,37-38H,2-4,12-16,18-20H2,1H3/t24-,25+/m1/s1. The van der Waals surface area contributed by atoms with Gasteiger partial charge in [0.2, 0.25) is 6.86 Å². The first-order valence-corrected chi connectivity index (χ1v) is 17.3. The molecule has 0 amide bonds. The van der Waals surface area contributed by atoms with Crippen molar-refractivity contribution in [3.63, 3.8) is 0 Å². The summed E-state index contributed by atoms with van der Waals surface area (Å²) >= 11 is 1.15. The fourth-order valence-electron chi connectivity index (χ4n) is 5.81. The van der Waals surface area contributed by atoms with Gasteiger partial charge < -0.3 is 24.8 Å². The van der Waals surface area contributed by atoms with Crippen LogP contribution in [0.4, 0.5) is 33.3 Å². The first-order chi connectivity index (χ1) is 20.6. The highest BCUT2D eigenvalue weighted by atomic mass is 32.1. The average molecular weight is 640 g/mol. The van der Waals surface area contributed by atoms with Crippen LogP contribution >= 0.6 is 18.5 Å². The third kappa shape index (κ3) is 7.65. The van der Waals surface area contributed by atoms with Crippen LogP contribution in [-0.4, -0.2) is 69.2 Å². The number of nitrogens with one attached hydrogen (secondary N) is 2. The number of anilines is 2. The van der Waals surface area contributed by atoms with E-state index in [1.807, 2.05) is 11.9 Å². The van der Waals surface area contributed by atoms with Gasteiger partial charge in [-0.3, -0.25) is 0 Å². The van der Waals surface area contributed by atoms with E-state index in [-0.39, 0.29) is 22.7 Å². The summed E-state index contributed by atoms with van der Waals surface area (Å²) < 4.78 is 87.9.